The number of benzene rings is 2. The molecular weight excluding hydrogens is 440 g/mol. The first-order valence-electron chi connectivity index (χ1n) is 11.9. The monoisotopic (exact) mass is 476 g/mol. The number of aliphatic hydroxyl groups excluding tert-OH is 2. The third-order valence-corrected chi connectivity index (χ3v) is 6.83. The Labute approximate surface area is 207 Å². The summed E-state index contributed by atoms with van der Waals surface area (Å²) in [4.78, 5) is 13.5. The molecule has 0 saturated carbocycles. The van der Waals surface area contributed by atoms with Gasteiger partial charge in [-0.1, -0.05) is 41.0 Å². The van der Waals surface area contributed by atoms with Gasteiger partial charge in [-0.2, -0.15) is 0 Å². The van der Waals surface area contributed by atoms with Crippen LogP contribution in [0.4, 0.5) is 0 Å². The van der Waals surface area contributed by atoms with E-state index in [1.807, 2.05) is 65.0 Å². The van der Waals surface area contributed by atoms with E-state index in [2.05, 4.69) is 0 Å². The summed E-state index contributed by atoms with van der Waals surface area (Å²) in [6, 6.07) is 3.72. The molecule has 5 heteroatoms. The number of fused-ring (bicyclic) bond motifs is 2. The molecule has 0 radical (unpaired) electrons. The van der Waals surface area contributed by atoms with Crippen molar-refractivity contribution in [2.24, 2.45) is 0 Å². The van der Waals surface area contributed by atoms with Gasteiger partial charge in [-0.05, 0) is 83.4 Å². The molecular formula is C30H36O5. The van der Waals surface area contributed by atoms with E-state index >= 15 is 0 Å². The van der Waals surface area contributed by atoms with Crippen LogP contribution in [0.15, 0.2) is 53.2 Å². The zero-order valence-electron chi connectivity index (χ0n) is 21.5. The molecule has 186 valence electrons. The molecule has 2 aromatic rings. The fourth-order valence-corrected chi connectivity index (χ4v) is 4.67. The molecule has 0 saturated heterocycles. The lowest BCUT2D eigenvalue weighted by molar-refractivity contribution is -0.120. The van der Waals surface area contributed by atoms with Gasteiger partial charge < -0.3 is 20.4 Å². The van der Waals surface area contributed by atoms with Gasteiger partial charge in [0.1, 0.15) is 17.3 Å². The molecule has 4 N–H and O–H groups in total. The predicted octanol–water partition coefficient (Wildman–Crippen LogP) is 6.47. The van der Waals surface area contributed by atoms with Crippen molar-refractivity contribution in [2.75, 3.05) is 6.61 Å². The number of carbonyl (C=O) groups is 1. The molecule has 1 aliphatic carbocycles. The molecule has 0 fully saturated rings. The average molecular weight is 477 g/mol. The maximum absolute atomic E-state index is 13.5. The SMILES string of the molecule is CC(C)=CCc1c(C)cc2cc3c(c(O)c2c1O)C(O)=CC(=O)C3(CC=C(C)C)CC=C(C)CO. The maximum atomic E-state index is 13.5. The number of aromatic hydroxyl groups is 2. The van der Waals surface area contributed by atoms with Crippen LogP contribution in [0.2, 0.25) is 0 Å². The normalized spacial score (nSPS) is 17.7. The Hall–Kier alpha value is -3.31. The van der Waals surface area contributed by atoms with Crippen LogP contribution in [-0.4, -0.2) is 32.8 Å². The van der Waals surface area contributed by atoms with E-state index in [0.29, 0.717) is 35.8 Å². The molecule has 0 aliphatic heterocycles. The van der Waals surface area contributed by atoms with E-state index in [9.17, 15) is 25.2 Å². The minimum absolute atomic E-state index is 0.0200. The minimum Gasteiger partial charge on any atom is -0.507 e. The molecule has 3 rings (SSSR count). The van der Waals surface area contributed by atoms with Crippen LogP contribution >= 0.6 is 0 Å². The molecule has 0 spiro atoms. The molecule has 1 aliphatic rings. The Kier molecular flexibility index (Phi) is 7.61. The predicted molar refractivity (Wildman–Crippen MR) is 142 cm³/mol. The van der Waals surface area contributed by atoms with Gasteiger partial charge in [0.25, 0.3) is 0 Å². The Morgan fingerprint density at radius 2 is 1.54 bits per heavy atom. The summed E-state index contributed by atoms with van der Waals surface area (Å²) in [5.41, 5.74) is 4.10. The van der Waals surface area contributed by atoms with Gasteiger partial charge in [-0.3, -0.25) is 4.79 Å². The van der Waals surface area contributed by atoms with Crippen molar-refractivity contribution in [3.8, 4) is 11.5 Å². The van der Waals surface area contributed by atoms with Gasteiger partial charge in [0.15, 0.2) is 5.78 Å². The quantitative estimate of drug-likeness (QED) is 0.343. The second-order valence-electron chi connectivity index (χ2n) is 10.1. The Balaban J connectivity index is 2.39. The van der Waals surface area contributed by atoms with Crippen molar-refractivity contribution in [1.82, 2.24) is 0 Å². The maximum Gasteiger partial charge on any atom is 0.170 e. The van der Waals surface area contributed by atoms with Gasteiger partial charge in [0.05, 0.1) is 23.0 Å². The van der Waals surface area contributed by atoms with Gasteiger partial charge in [-0.15, -0.1) is 0 Å². The van der Waals surface area contributed by atoms with Crippen LogP contribution in [0, 0.1) is 6.92 Å². The summed E-state index contributed by atoms with van der Waals surface area (Å²) in [5.74, 6) is -0.833. The van der Waals surface area contributed by atoms with Crippen molar-refractivity contribution in [3.63, 3.8) is 0 Å². The zero-order chi connectivity index (χ0) is 26.1. The van der Waals surface area contributed by atoms with Crippen molar-refractivity contribution in [1.29, 1.82) is 0 Å². The first kappa shape index (κ1) is 26.3. The fourth-order valence-electron chi connectivity index (χ4n) is 4.67. The molecule has 1 unspecified atom stereocenters. The Morgan fingerprint density at radius 3 is 2.14 bits per heavy atom. The van der Waals surface area contributed by atoms with Crippen molar-refractivity contribution < 1.29 is 25.2 Å². The molecule has 2 aromatic carbocycles. The highest BCUT2D eigenvalue weighted by molar-refractivity contribution is 6.11. The standard InChI is InChI=1S/C30H36O5/c1-17(2)7-8-22-20(6)13-21-14-23-27(29(35)26(21)28(22)34)24(32)15-25(33)30(23,11-9-18(3)4)12-10-19(5)16-31/h7,9-10,13-15,31-32,34-35H,8,11-12,16H2,1-6H3. The second-order valence-corrected chi connectivity index (χ2v) is 10.1. The largest absolute Gasteiger partial charge is 0.507 e. The van der Waals surface area contributed by atoms with Crippen LogP contribution in [0.1, 0.15) is 69.7 Å². The number of carbonyl (C=O) groups excluding carboxylic acids is 1. The zero-order valence-corrected chi connectivity index (χ0v) is 21.5. The lowest BCUT2D eigenvalue weighted by Crippen LogP contribution is -2.37. The molecule has 0 heterocycles. The molecule has 0 bridgehead atoms. The molecule has 1 atom stereocenters. The first-order valence-corrected chi connectivity index (χ1v) is 11.9. The number of hydrogen-bond acceptors (Lipinski definition) is 5. The summed E-state index contributed by atoms with van der Waals surface area (Å²) < 4.78 is 0. The number of aliphatic hydroxyl groups is 2. The van der Waals surface area contributed by atoms with Crippen molar-refractivity contribution in [2.45, 2.75) is 66.2 Å². The Bertz CT molecular complexity index is 1300. The molecule has 0 aromatic heterocycles. The van der Waals surface area contributed by atoms with E-state index in [1.54, 1.807) is 6.92 Å². The van der Waals surface area contributed by atoms with Crippen LogP contribution in [0.5, 0.6) is 11.5 Å². The molecule has 5 nitrogen and oxygen atoms in total. The van der Waals surface area contributed by atoms with Gasteiger partial charge in [0.2, 0.25) is 0 Å². The lowest BCUT2D eigenvalue weighted by atomic mass is 9.66. The van der Waals surface area contributed by atoms with Crippen LogP contribution in [-0.2, 0) is 16.6 Å². The second kappa shape index (κ2) is 10.1. The van der Waals surface area contributed by atoms with E-state index in [-0.39, 0.29) is 40.6 Å². The highest BCUT2D eigenvalue weighted by Crippen LogP contribution is 2.50. The topological polar surface area (TPSA) is 98.0 Å². The molecule has 0 amide bonds. The lowest BCUT2D eigenvalue weighted by Gasteiger charge is -2.36. The highest BCUT2D eigenvalue weighted by atomic mass is 16.3. The summed E-state index contributed by atoms with van der Waals surface area (Å²) in [6.45, 7) is 11.5. The van der Waals surface area contributed by atoms with Gasteiger partial charge in [0, 0.05) is 11.6 Å². The number of rotatable bonds is 7. The molecule has 35 heavy (non-hydrogen) atoms. The number of aryl methyl sites for hydroxylation is 1. The van der Waals surface area contributed by atoms with Crippen LogP contribution in [0.25, 0.3) is 16.5 Å². The number of allylic oxidation sites excluding steroid dienone is 6. The number of phenolic OH excluding ortho intramolecular Hbond substituents is 2. The summed E-state index contributed by atoms with van der Waals surface area (Å²) in [7, 11) is 0. The van der Waals surface area contributed by atoms with E-state index in [1.165, 1.54) is 6.08 Å². The summed E-state index contributed by atoms with van der Waals surface area (Å²) in [6.07, 6.45) is 8.18. The minimum atomic E-state index is -1.06. The smallest absolute Gasteiger partial charge is 0.170 e. The van der Waals surface area contributed by atoms with E-state index in [4.69, 9.17) is 0 Å². The number of phenols is 2. The van der Waals surface area contributed by atoms with E-state index < -0.39 is 5.41 Å². The third-order valence-electron chi connectivity index (χ3n) is 6.83. The van der Waals surface area contributed by atoms with Crippen molar-refractivity contribution in [3.05, 3.63) is 75.4 Å². The van der Waals surface area contributed by atoms with Gasteiger partial charge >= 0.3 is 0 Å². The Morgan fingerprint density at radius 1 is 0.914 bits per heavy atom. The first-order chi connectivity index (χ1) is 16.4. The van der Waals surface area contributed by atoms with Crippen LogP contribution < -0.4 is 0 Å². The summed E-state index contributed by atoms with van der Waals surface area (Å²) in [5, 5.41) is 43.8. The number of ketones is 1. The fraction of sp³-hybridized carbons (Fsp3) is 0.367. The summed E-state index contributed by atoms with van der Waals surface area (Å²) >= 11 is 0. The number of hydrogen-bond donors (Lipinski definition) is 4. The average Bonchev–Trinajstić information content (AvgIpc) is 2.77. The van der Waals surface area contributed by atoms with Crippen LogP contribution in [0.3, 0.4) is 0 Å². The van der Waals surface area contributed by atoms with Crippen molar-refractivity contribution >= 4 is 22.3 Å². The van der Waals surface area contributed by atoms with Gasteiger partial charge in [-0.25, -0.2) is 0 Å². The highest BCUT2D eigenvalue weighted by Gasteiger charge is 2.44. The third kappa shape index (κ3) is 4.92. The van der Waals surface area contributed by atoms with E-state index in [0.717, 1.165) is 22.3 Å².